The van der Waals surface area contributed by atoms with Crippen molar-refractivity contribution in [2.45, 2.75) is 18.4 Å². The second kappa shape index (κ2) is 4.63. The molecule has 1 saturated heterocycles. The summed E-state index contributed by atoms with van der Waals surface area (Å²) in [5, 5.41) is 12.1. The SMILES string of the molecule is NC(C(=O)O)c1ccc(C2CCNC2)cc1. The van der Waals surface area contributed by atoms with Crippen molar-refractivity contribution >= 4 is 5.97 Å². The first kappa shape index (κ1) is 11.1. The molecule has 4 nitrogen and oxygen atoms in total. The summed E-state index contributed by atoms with van der Waals surface area (Å²) < 4.78 is 0. The smallest absolute Gasteiger partial charge is 0.325 e. The molecule has 1 aromatic rings. The lowest BCUT2D eigenvalue weighted by atomic mass is 9.96. The van der Waals surface area contributed by atoms with E-state index >= 15 is 0 Å². The summed E-state index contributed by atoms with van der Waals surface area (Å²) in [6.07, 6.45) is 1.14. The summed E-state index contributed by atoms with van der Waals surface area (Å²) in [7, 11) is 0. The second-order valence-corrected chi connectivity index (χ2v) is 4.17. The molecule has 16 heavy (non-hydrogen) atoms. The second-order valence-electron chi connectivity index (χ2n) is 4.17. The van der Waals surface area contributed by atoms with Crippen LogP contribution in [0, 0.1) is 0 Å². The van der Waals surface area contributed by atoms with Gasteiger partial charge in [0.15, 0.2) is 0 Å². The van der Waals surface area contributed by atoms with E-state index in [0.29, 0.717) is 11.5 Å². The zero-order chi connectivity index (χ0) is 11.5. The van der Waals surface area contributed by atoms with E-state index in [1.807, 2.05) is 24.3 Å². The van der Waals surface area contributed by atoms with Crippen molar-refractivity contribution < 1.29 is 9.90 Å². The van der Waals surface area contributed by atoms with Crippen LogP contribution >= 0.6 is 0 Å². The maximum atomic E-state index is 10.7. The standard InChI is InChI=1S/C12H16N2O2/c13-11(12(15)16)9-3-1-8(2-4-9)10-5-6-14-7-10/h1-4,10-11,14H,5-7,13H2,(H,15,16). The highest BCUT2D eigenvalue weighted by molar-refractivity contribution is 5.75. The Kier molecular flexibility index (Phi) is 3.22. The van der Waals surface area contributed by atoms with Gasteiger partial charge in [-0.15, -0.1) is 0 Å². The minimum atomic E-state index is -0.990. The van der Waals surface area contributed by atoms with E-state index in [4.69, 9.17) is 10.8 Å². The number of carboxylic acid groups (broad SMARTS) is 1. The van der Waals surface area contributed by atoms with Gasteiger partial charge in [0.1, 0.15) is 6.04 Å². The van der Waals surface area contributed by atoms with Gasteiger partial charge in [0.25, 0.3) is 0 Å². The van der Waals surface area contributed by atoms with Gasteiger partial charge in [-0.2, -0.15) is 0 Å². The van der Waals surface area contributed by atoms with E-state index in [1.54, 1.807) is 0 Å². The average Bonchev–Trinajstić information content (AvgIpc) is 2.81. The van der Waals surface area contributed by atoms with E-state index < -0.39 is 12.0 Å². The minimum Gasteiger partial charge on any atom is -0.480 e. The lowest BCUT2D eigenvalue weighted by Gasteiger charge is -2.11. The van der Waals surface area contributed by atoms with E-state index in [0.717, 1.165) is 19.5 Å². The number of carboxylic acids is 1. The topological polar surface area (TPSA) is 75.4 Å². The largest absolute Gasteiger partial charge is 0.480 e. The third-order valence-electron chi connectivity index (χ3n) is 3.09. The lowest BCUT2D eigenvalue weighted by Crippen LogP contribution is -2.20. The number of benzene rings is 1. The molecule has 86 valence electrons. The average molecular weight is 220 g/mol. The molecule has 1 aliphatic rings. The Bertz CT molecular complexity index is 369. The summed E-state index contributed by atoms with van der Waals surface area (Å²) in [6.45, 7) is 2.06. The zero-order valence-electron chi connectivity index (χ0n) is 9.02. The molecule has 2 atom stereocenters. The van der Waals surface area contributed by atoms with Crippen LogP contribution in [0.4, 0.5) is 0 Å². The fourth-order valence-electron chi connectivity index (χ4n) is 2.06. The molecule has 0 spiro atoms. The van der Waals surface area contributed by atoms with E-state index in [1.165, 1.54) is 5.56 Å². The van der Waals surface area contributed by atoms with Crippen molar-refractivity contribution in [1.82, 2.24) is 5.32 Å². The van der Waals surface area contributed by atoms with Gasteiger partial charge in [-0.05, 0) is 30.0 Å². The predicted octanol–water partition coefficient (Wildman–Crippen LogP) is 0.848. The minimum absolute atomic E-state index is 0.551. The van der Waals surface area contributed by atoms with Crippen molar-refractivity contribution in [3.63, 3.8) is 0 Å². The van der Waals surface area contributed by atoms with Gasteiger partial charge in [-0.3, -0.25) is 4.79 Å². The van der Waals surface area contributed by atoms with Crippen molar-refractivity contribution in [2.24, 2.45) is 5.73 Å². The Labute approximate surface area is 94.5 Å². The molecule has 2 rings (SSSR count). The number of nitrogens with one attached hydrogen (secondary N) is 1. The van der Waals surface area contributed by atoms with Gasteiger partial charge in [0, 0.05) is 6.54 Å². The molecule has 0 saturated carbocycles. The Morgan fingerprint density at radius 2 is 2.12 bits per heavy atom. The molecule has 2 unspecified atom stereocenters. The van der Waals surface area contributed by atoms with Crippen molar-refractivity contribution in [1.29, 1.82) is 0 Å². The van der Waals surface area contributed by atoms with E-state index in [9.17, 15) is 4.79 Å². The fourth-order valence-corrected chi connectivity index (χ4v) is 2.06. The number of aliphatic carboxylic acids is 1. The Morgan fingerprint density at radius 1 is 1.44 bits per heavy atom. The van der Waals surface area contributed by atoms with Crippen LogP contribution in [-0.2, 0) is 4.79 Å². The fraction of sp³-hybridized carbons (Fsp3) is 0.417. The van der Waals surface area contributed by atoms with Gasteiger partial charge in [-0.25, -0.2) is 0 Å². The molecule has 1 heterocycles. The van der Waals surface area contributed by atoms with Crippen LogP contribution in [0.2, 0.25) is 0 Å². The van der Waals surface area contributed by atoms with Crippen molar-refractivity contribution in [2.75, 3.05) is 13.1 Å². The number of rotatable bonds is 3. The highest BCUT2D eigenvalue weighted by atomic mass is 16.4. The van der Waals surface area contributed by atoms with Crippen LogP contribution in [-0.4, -0.2) is 24.2 Å². The number of hydrogen-bond donors (Lipinski definition) is 3. The number of carbonyl (C=O) groups is 1. The normalized spacial score (nSPS) is 21.9. The zero-order valence-corrected chi connectivity index (χ0v) is 9.02. The van der Waals surface area contributed by atoms with Crippen molar-refractivity contribution in [3.8, 4) is 0 Å². The predicted molar refractivity (Wildman–Crippen MR) is 61.2 cm³/mol. The van der Waals surface area contributed by atoms with Gasteiger partial charge in [-0.1, -0.05) is 24.3 Å². The highest BCUT2D eigenvalue weighted by Gasteiger charge is 2.18. The van der Waals surface area contributed by atoms with Crippen molar-refractivity contribution in [3.05, 3.63) is 35.4 Å². The quantitative estimate of drug-likeness (QED) is 0.706. The number of nitrogens with two attached hydrogens (primary N) is 1. The molecular formula is C12H16N2O2. The summed E-state index contributed by atoms with van der Waals surface area (Å²) in [4.78, 5) is 10.7. The van der Waals surface area contributed by atoms with Gasteiger partial charge < -0.3 is 16.2 Å². The molecule has 1 aromatic carbocycles. The molecule has 0 radical (unpaired) electrons. The van der Waals surface area contributed by atoms with E-state index in [2.05, 4.69) is 5.32 Å². The molecule has 1 fully saturated rings. The Balaban J connectivity index is 2.12. The summed E-state index contributed by atoms with van der Waals surface area (Å²) in [6, 6.07) is 6.67. The Hall–Kier alpha value is -1.39. The van der Waals surface area contributed by atoms with Crippen LogP contribution < -0.4 is 11.1 Å². The monoisotopic (exact) mass is 220 g/mol. The highest BCUT2D eigenvalue weighted by Crippen LogP contribution is 2.23. The molecule has 0 aromatic heterocycles. The molecule has 0 aliphatic carbocycles. The number of hydrogen-bond acceptors (Lipinski definition) is 3. The third-order valence-corrected chi connectivity index (χ3v) is 3.09. The summed E-state index contributed by atoms with van der Waals surface area (Å²) in [5.41, 5.74) is 7.44. The van der Waals surface area contributed by atoms with Crippen LogP contribution in [0.3, 0.4) is 0 Å². The van der Waals surface area contributed by atoms with Crippen LogP contribution in [0.1, 0.15) is 29.5 Å². The molecule has 4 N–H and O–H groups in total. The van der Waals surface area contributed by atoms with Gasteiger partial charge in [0.05, 0.1) is 0 Å². The summed E-state index contributed by atoms with van der Waals surface area (Å²) in [5.74, 6) is -0.439. The molecule has 0 amide bonds. The summed E-state index contributed by atoms with van der Waals surface area (Å²) >= 11 is 0. The van der Waals surface area contributed by atoms with E-state index in [-0.39, 0.29) is 0 Å². The van der Waals surface area contributed by atoms with Crippen LogP contribution in [0.15, 0.2) is 24.3 Å². The van der Waals surface area contributed by atoms with Crippen LogP contribution in [0.5, 0.6) is 0 Å². The first-order chi connectivity index (χ1) is 7.68. The molecule has 0 bridgehead atoms. The molecule has 1 aliphatic heterocycles. The Morgan fingerprint density at radius 3 is 2.62 bits per heavy atom. The van der Waals surface area contributed by atoms with Gasteiger partial charge >= 0.3 is 5.97 Å². The molecule has 4 heteroatoms. The molecular weight excluding hydrogens is 204 g/mol. The van der Waals surface area contributed by atoms with Crippen LogP contribution in [0.25, 0.3) is 0 Å². The first-order valence-corrected chi connectivity index (χ1v) is 5.47. The maximum absolute atomic E-state index is 10.7. The maximum Gasteiger partial charge on any atom is 0.325 e. The van der Waals surface area contributed by atoms with Gasteiger partial charge in [0.2, 0.25) is 0 Å². The first-order valence-electron chi connectivity index (χ1n) is 5.47. The lowest BCUT2D eigenvalue weighted by molar-refractivity contribution is -0.138. The third kappa shape index (κ3) is 2.23.